The Kier molecular flexibility index (Phi) is 3.51. The minimum absolute atomic E-state index is 0.00653. The van der Waals surface area contributed by atoms with Crippen LogP contribution in [0.1, 0.15) is 26.3 Å². The van der Waals surface area contributed by atoms with Crippen LogP contribution in [0.25, 0.3) is 0 Å². The van der Waals surface area contributed by atoms with Gasteiger partial charge < -0.3 is 10.4 Å². The number of nitriles is 1. The molecule has 16 heavy (non-hydrogen) atoms. The highest BCUT2D eigenvalue weighted by atomic mass is 19.1. The first kappa shape index (κ1) is 12.5. The second-order valence-electron chi connectivity index (χ2n) is 4.33. The van der Waals surface area contributed by atoms with E-state index in [0.29, 0.717) is 5.69 Å². The lowest BCUT2D eigenvalue weighted by Crippen LogP contribution is -2.39. The Balaban J connectivity index is 2.88. The lowest BCUT2D eigenvalue weighted by atomic mass is 10.0. The summed E-state index contributed by atoms with van der Waals surface area (Å²) >= 11 is 0. The van der Waals surface area contributed by atoms with Crippen molar-refractivity contribution in [1.82, 2.24) is 0 Å². The van der Waals surface area contributed by atoms with Crippen LogP contribution < -0.4 is 5.32 Å². The average Bonchev–Trinajstić information content (AvgIpc) is 2.19. The van der Waals surface area contributed by atoms with Gasteiger partial charge in [-0.1, -0.05) is 0 Å². The van der Waals surface area contributed by atoms with Crippen molar-refractivity contribution in [3.63, 3.8) is 0 Å². The predicted molar refractivity (Wildman–Crippen MR) is 60.5 cm³/mol. The Bertz CT molecular complexity index is 418. The zero-order valence-corrected chi connectivity index (χ0v) is 9.58. The van der Waals surface area contributed by atoms with Crippen LogP contribution in [-0.4, -0.2) is 16.7 Å². The summed E-state index contributed by atoms with van der Waals surface area (Å²) in [5, 5.41) is 21.4. The van der Waals surface area contributed by atoms with Crippen LogP contribution in [0.5, 0.6) is 0 Å². The lowest BCUT2D eigenvalue weighted by Gasteiger charge is -2.27. The summed E-state index contributed by atoms with van der Waals surface area (Å²) in [7, 11) is 0. The highest BCUT2D eigenvalue weighted by molar-refractivity contribution is 5.50. The molecule has 1 aromatic carbocycles. The molecule has 0 saturated carbocycles. The predicted octanol–water partition coefficient (Wildman–Crippen LogP) is 2.27. The molecule has 0 fully saturated rings. The third-order valence-corrected chi connectivity index (χ3v) is 2.53. The number of anilines is 1. The SMILES string of the molecule is CC(Nc1ccc(F)c(C#N)c1)C(C)(C)O. The van der Waals surface area contributed by atoms with Gasteiger partial charge in [0, 0.05) is 5.69 Å². The zero-order chi connectivity index (χ0) is 12.3. The van der Waals surface area contributed by atoms with Crippen molar-refractivity contribution in [2.75, 3.05) is 5.32 Å². The van der Waals surface area contributed by atoms with Crippen molar-refractivity contribution in [1.29, 1.82) is 5.26 Å². The highest BCUT2D eigenvalue weighted by Gasteiger charge is 2.22. The maximum absolute atomic E-state index is 13.0. The van der Waals surface area contributed by atoms with Crippen molar-refractivity contribution in [2.24, 2.45) is 0 Å². The Hall–Kier alpha value is -1.60. The molecule has 1 atom stereocenters. The molecule has 0 aliphatic heterocycles. The van der Waals surface area contributed by atoms with Crippen molar-refractivity contribution < 1.29 is 9.50 Å². The van der Waals surface area contributed by atoms with E-state index in [-0.39, 0.29) is 11.6 Å². The Morgan fingerprint density at radius 1 is 1.50 bits per heavy atom. The van der Waals surface area contributed by atoms with Gasteiger partial charge in [-0.05, 0) is 39.0 Å². The van der Waals surface area contributed by atoms with Crippen LogP contribution >= 0.6 is 0 Å². The number of hydrogen-bond donors (Lipinski definition) is 2. The van der Waals surface area contributed by atoms with E-state index in [1.807, 2.05) is 6.92 Å². The quantitative estimate of drug-likeness (QED) is 0.824. The van der Waals surface area contributed by atoms with Gasteiger partial charge in [-0.2, -0.15) is 5.26 Å². The molecule has 3 nitrogen and oxygen atoms in total. The summed E-state index contributed by atoms with van der Waals surface area (Å²) in [5.74, 6) is -0.538. The van der Waals surface area contributed by atoms with E-state index in [9.17, 15) is 9.50 Å². The van der Waals surface area contributed by atoms with Gasteiger partial charge in [-0.25, -0.2) is 4.39 Å². The molecule has 0 saturated heterocycles. The Morgan fingerprint density at radius 3 is 2.62 bits per heavy atom. The maximum Gasteiger partial charge on any atom is 0.141 e. The fourth-order valence-electron chi connectivity index (χ4n) is 1.13. The van der Waals surface area contributed by atoms with Gasteiger partial charge in [-0.15, -0.1) is 0 Å². The number of rotatable bonds is 3. The smallest absolute Gasteiger partial charge is 0.141 e. The van der Waals surface area contributed by atoms with Crippen LogP contribution in [0.15, 0.2) is 18.2 Å². The van der Waals surface area contributed by atoms with E-state index in [1.54, 1.807) is 26.0 Å². The zero-order valence-electron chi connectivity index (χ0n) is 9.58. The minimum atomic E-state index is -0.888. The third kappa shape index (κ3) is 2.94. The van der Waals surface area contributed by atoms with Crippen LogP contribution in [-0.2, 0) is 0 Å². The minimum Gasteiger partial charge on any atom is -0.388 e. The summed E-state index contributed by atoms with van der Waals surface area (Å²) in [6, 6.07) is 5.77. The summed E-state index contributed by atoms with van der Waals surface area (Å²) in [4.78, 5) is 0. The van der Waals surface area contributed by atoms with Gasteiger partial charge >= 0.3 is 0 Å². The van der Waals surface area contributed by atoms with Gasteiger partial charge in [0.15, 0.2) is 0 Å². The first-order valence-corrected chi connectivity index (χ1v) is 5.03. The number of nitrogens with one attached hydrogen (secondary N) is 1. The largest absolute Gasteiger partial charge is 0.388 e. The molecule has 0 heterocycles. The van der Waals surface area contributed by atoms with E-state index >= 15 is 0 Å². The average molecular weight is 222 g/mol. The normalized spacial score (nSPS) is 13.0. The number of halogens is 1. The van der Waals surface area contributed by atoms with Crippen LogP contribution in [0.2, 0.25) is 0 Å². The van der Waals surface area contributed by atoms with E-state index in [2.05, 4.69) is 5.32 Å². The van der Waals surface area contributed by atoms with Gasteiger partial charge in [0.25, 0.3) is 0 Å². The molecule has 0 aromatic heterocycles. The molecule has 0 bridgehead atoms. The van der Waals surface area contributed by atoms with Crippen molar-refractivity contribution in [2.45, 2.75) is 32.4 Å². The summed E-state index contributed by atoms with van der Waals surface area (Å²) in [6.07, 6.45) is 0. The molecule has 0 radical (unpaired) electrons. The number of benzene rings is 1. The van der Waals surface area contributed by atoms with Gasteiger partial charge in [0.1, 0.15) is 11.9 Å². The summed E-state index contributed by atoms with van der Waals surface area (Å²) in [6.45, 7) is 5.17. The fraction of sp³-hybridized carbons (Fsp3) is 0.417. The maximum atomic E-state index is 13.0. The molecule has 86 valence electrons. The van der Waals surface area contributed by atoms with Crippen molar-refractivity contribution >= 4 is 5.69 Å². The second-order valence-corrected chi connectivity index (χ2v) is 4.33. The molecule has 1 unspecified atom stereocenters. The van der Waals surface area contributed by atoms with Crippen LogP contribution in [0, 0.1) is 17.1 Å². The topological polar surface area (TPSA) is 56.0 Å². The van der Waals surface area contributed by atoms with Crippen LogP contribution in [0.4, 0.5) is 10.1 Å². The first-order valence-electron chi connectivity index (χ1n) is 5.03. The molecular formula is C12H15FN2O. The number of aliphatic hydroxyl groups is 1. The standard InChI is InChI=1S/C12H15FN2O/c1-8(12(2,3)16)15-10-4-5-11(13)9(6-10)7-14/h4-6,8,15-16H,1-3H3. The molecule has 1 rings (SSSR count). The molecule has 0 aliphatic rings. The monoisotopic (exact) mass is 222 g/mol. The van der Waals surface area contributed by atoms with Crippen LogP contribution in [0.3, 0.4) is 0 Å². The Morgan fingerprint density at radius 2 is 2.12 bits per heavy atom. The molecule has 1 aromatic rings. The second kappa shape index (κ2) is 4.50. The number of nitrogens with zero attached hydrogens (tertiary/aromatic N) is 1. The van der Waals surface area contributed by atoms with Gasteiger partial charge in [0.05, 0.1) is 17.2 Å². The molecule has 4 heteroatoms. The van der Waals surface area contributed by atoms with E-state index < -0.39 is 11.4 Å². The van der Waals surface area contributed by atoms with Crippen molar-refractivity contribution in [3.8, 4) is 6.07 Å². The van der Waals surface area contributed by atoms with E-state index in [0.717, 1.165) is 0 Å². The molecule has 0 amide bonds. The lowest BCUT2D eigenvalue weighted by molar-refractivity contribution is 0.0649. The fourth-order valence-corrected chi connectivity index (χ4v) is 1.13. The molecule has 0 spiro atoms. The van der Waals surface area contributed by atoms with Gasteiger partial charge in [0.2, 0.25) is 0 Å². The first-order chi connectivity index (χ1) is 7.34. The van der Waals surface area contributed by atoms with E-state index in [4.69, 9.17) is 5.26 Å². The molecular weight excluding hydrogens is 207 g/mol. The third-order valence-electron chi connectivity index (χ3n) is 2.53. The molecule has 2 N–H and O–H groups in total. The molecule has 0 aliphatic carbocycles. The van der Waals surface area contributed by atoms with Crippen molar-refractivity contribution in [3.05, 3.63) is 29.6 Å². The summed E-state index contributed by atoms with van der Waals surface area (Å²) < 4.78 is 13.0. The number of hydrogen-bond acceptors (Lipinski definition) is 3. The van der Waals surface area contributed by atoms with Gasteiger partial charge in [-0.3, -0.25) is 0 Å². The highest BCUT2D eigenvalue weighted by Crippen LogP contribution is 2.18. The summed E-state index contributed by atoms with van der Waals surface area (Å²) in [5.41, 5.74) is -0.276. The van der Waals surface area contributed by atoms with E-state index in [1.165, 1.54) is 12.1 Å². The Labute approximate surface area is 94.5 Å².